The molecule has 0 spiro atoms. The lowest BCUT2D eigenvalue weighted by molar-refractivity contribution is 0.101. The molecule has 2 aromatic rings. The Bertz CT molecular complexity index is 889. The fourth-order valence-corrected chi connectivity index (χ4v) is 3.14. The predicted octanol–water partition coefficient (Wildman–Crippen LogP) is 0.957. The van der Waals surface area contributed by atoms with Gasteiger partial charge in [-0.2, -0.15) is 0 Å². The molecule has 9 heteroatoms. The minimum atomic E-state index is -3.61. The summed E-state index contributed by atoms with van der Waals surface area (Å²) < 4.78 is 38.2. The van der Waals surface area contributed by atoms with Crippen LogP contribution >= 0.6 is 0 Å². The minimum absolute atomic E-state index is 0.0276. The van der Waals surface area contributed by atoms with E-state index in [9.17, 15) is 13.2 Å². The number of hydrogen-bond acceptors (Lipinski definition) is 5. The second kappa shape index (κ2) is 6.17. The molecule has 1 aromatic heterocycles. The van der Waals surface area contributed by atoms with E-state index in [1.54, 1.807) is 25.2 Å². The number of carbonyl (C=O) groups is 1. The Kier molecular flexibility index (Phi) is 4.20. The fourth-order valence-electron chi connectivity index (χ4n) is 2.34. The zero-order chi connectivity index (χ0) is 17.3. The van der Waals surface area contributed by atoms with E-state index in [4.69, 9.17) is 9.47 Å². The molecule has 1 amide bonds. The molecule has 0 atom stereocenters. The van der Waals surface area contributed by atoms with Gasteiger partial charge in [0.05, 0.1) is 0 Å². The Balaban J connectivity index is 1.83. The summed E-state index contributed by atoms with van der Waals surface area (Å²) in [4.78, 5) is 12.4. The highest BCUT2D eigenvalue weighted by atomic mass is 32.2. The number of sulfonamides is 1. The van der Waals surface area contributed by atoms with E-state index >= 15 is 0 Å². The quantitative estimate of drug-likeness (QED) is 0.855. The van der Waals surface area contributed by atoms with Gasteiger partial charge in [0, 0.05) is 25.0 Å². The van der Waals surface area contributed by atoms with Crippen LogP contribution in [0.15, 0.2) is 35.4 Å². The summed E-state index contributed by atoms with van der Waals surface area (Å²) in [5.41, 5.74) is 0.752. The van der Waals surface area contributed by atoms with E-state index in [0.29, 0.717) is 30.4 Å². The van der Waals surface area contributed by atoms with Crippen molar-refractivity contribution in [3.8, 4) is 11.5 Å². The van der Waals surface area contributed by atoms with Crippen LogP contribution in [0.25, 0.3) is 0 Å². The molecule has 1 aromatic carbocycles. The SMILES string of the molecule is CNS(=O)(=O)c1cc(C(=O)Nc2ccc3c(c2)OCCO3)n(C)c1. The number of rotatable bonds is 4. The number of nitrogens with zero attached hydrogens (tertiary/aromatic N) is 1. The highest BCUT2D eigenvalue weighted by Crippen LogP contribution is 2.32. The number of amides is 1. The zero-order valence-corrected chi connectivity index (χ0v) is 14.0. The normalized spacial score (nSPS) is 13.6. The van der Waals surface area contributed by atoms with Crippen molar-refractivity contribution < 1.29 is 22.7 Å². The molecule has 0 fully saturated rings. The summed E-state index contributed by atoms with van der Waals surface area (Å²) in [7, 11) is -0.684. The number of aromatic nitrogens is 1. The van der Waals surface area contributed by atoms with Gasteiger partial charge in [-0.3, -0.25) is 4.79 Å². The van der Waals surface area contributed by atoms with Crippen molar-refractivity contribution in [3.63, 3.8) is 0 Å². The second-order valence-corrected chi connectivity index (χ2v) is 7.08. The van der Waals surface area contributed by atoms with Crippen LogP contribution in [-0.2, 0) is 17.1 Å². The first-order valence-corrected chi connectivity index (χ1v) is 8.70. The highest BCUT2D eigenvalue weighted by molar-refractivity contribution is 7.89. The Morgan fingerprint density at radius 1 is 1.17 bits per heavy atom. The van der Waals surface area contributed by atoms with Crippen LogP contribution in [0.1, 0.15) is 10.5 Å². The van der Waals surface area contributed by atoms with Gasteiger partial charge in [-0.15, -0.1) is 0 Å². The smallest absolute Gasteiger partial charge is 0.272 e. The number of ether oxygens (including phenoxy) is 2. The van der Waals surface area contributed by atoms with Crippen molar-refractivity contribution >= 4 is 21.6 Å². The van der Waals surface area contributed by atoms with Crippen molar-refractivity contribution in [2.75, 3.05) is 25.6 Å². The first-order valence-electron chi connectivity index (χ1n) is 7.21. The zero-order valence-electron chi connectivity index (χ0n) is 13.2. The summed E-state index contributed by atoms with van der Waals surface area (Å²) in [5.74, 6) is 0.761. The molecule has 24 heavy (non-hydrogen) atoms. The van der Waals surface area contributed by atoms with Gasteiger partial charge >= 0.3 is 0 Å². The van der Waals surface area contributed by atoms with Gasteiger partial charge in [0.2, 0.25) is 10.0 Å². The van der Waals surface area contributed by atoms with E-state index in [-0.39, 0.29) is 10.6 Å². The third kappa shape index (κ3) is 3.08. The van der Waals surface area contributed by atoms with Gasteiger partial charge in [-0.1, -0.05) is 0 Å². The largest absolute Gasteiger partial charge is 0.486 e. The van der Waals surface area contributed by atoms with Crippen LogP contribution in [0.3, 0.4) is 0 Å². The van der Waals surface area contributed by atoms with Gasteiger partial charge < -0.3 is 19.4 Å². The Morgan fingerprint density at radius 2 is 1.88 bits per heavy atom. The first-order chi connectivity index (χ1) is 11.4. The highest BCUT2D eigenvalue weighted by Gasteiger charge is 2.20. The maximum absolute atomic E-state index is 12.4. The van der Waals surface area contributed by atoms with Gasteiger partial charge in [0.25, 0.3) is 5.91 Å². The molecule has 0 bridgehead atoms. The maximum atomic E-state index is 12.4. The summed E-state index contributed by atoms with van der Waals surface area (Å²) in [6, 6.07) is 6.39. The first kappa shape index (κ1) is 16.3. The number of nitrogens with one attached hydrogen (secondary N) is 2. The van der Waals surface area contributed by atoms with Crippen LogP contribution in [0.4, 0.5) is 5.69 Å². The number of carbonyl (C=O) groups excluding carboxylic acids is 1. The van der Waals surface area contributed by atoms with Gasteiger partial charge in [-0.05, 0) is 25.2 Å². The molecule has 8 nitrogen and oxygen atoms in total. The van der Waals surface area contributed by atoms with E-state index in [2.05, 4.69) is 10.0 Å². The van der Waals surface area contributed by atoms with Crippen molar-refractivity contribution in [3.05, 3.63) is 36.2 Å². The maximum Gasteiger partial charge on any atom is 0.272 e. The molecular formula is C15H17N3O5S. The van der Waals surface area contributed by atoms with Crippen molar-refractivity contribution in [1.82, 2.24) is 9.29 Å². The van der Waals surface area contributed by atoms with Crippen molar-refractivity contribution in [2.24, 2.45) is 7.05 Å². The number of hydrogen-bond donors (Lipinski definition) is 2. The molecule has 0 unspecified atom stereocenters. The molecule has 1 aliphatic heterocycles. The van der Waals surface area contributed by atoms with Gasteiger partial charge in [0.1, 0.15) is 23.8 Å². The number of aryl methyl sites for hydroxylation is 1. The third-order valence-electron chi connectivity index (χ3n) is 3.59. The fraction of sp³-hybridized carbons (Fsp3) is 0.267. The lowest BCUT2D eigenvalue weighted by atomic mass is 10.2. The standard InChI is InChI=1S/C15H17N3O5S/c1-16-24(20,21)11-8-12(18(2)9-11)15(19)17-10-3-4-13-14(7-10)23-6-5-22-13/h3-4,7-9,16H,5-6H2,1-2H3,(H,17,19). The van der Waals surface area contributed by atoms with Gasteiger partial charge in [0.15, 0.2) is 11.5 Å². The van der Waals surface area contributed by atoms with Crippen LogP contribution in [0, 0.1) is 0 Å². The number of anilines is 1. The lowest BCUT2D eigenvalue weighted by Crippen LogP contribution is -2.18. The van der Waals surface area contributed by atoms with E-state index < -0.39 is 15.9 Å². The molecule has 1 aliphatic rings. The Hall–Kier alpha value is -2.52. The monoisotopic (exact) mass is 351 g/mol. The summed E-state index contributed by atoms with van der Waals surface area (Å²) >= 11 is 0. The number of fused-ring (bicyclic) bond motifs is 1. The average molecular weight is 351 g/mol. The molecule has 3 rings (SSSR count). The Labute approximate surface area is 139 Å². The lowest BCUT2D eigenvalue weighted by Gasteiger charge is -2.19. The van der Waals surface area contributed by atoms with E-state index in [0.717, 1.165) is 0 Å². The van der Waals surface area contributed by atoms with E-state index in [1.807, 2.05) is 0 Å². The summed E-state index contributed by atoms with van der Waals surface area (Å²) in [6.45, 7) is 0.943. The summed E-state index contributed by atoms with van der Waals surface area (Å²) in [5, 5.41) is 2.72. The van der Waals surface area contributed by atoms with Crippen LogP contribution < -0.4 is 19.5 Å². The Morgan fingerprint density at radius 3 is 2.58 bits per heavy atom. The van der Waals surface area contributed by atoms with Crippen LogP contribution in [0.5, 0.6) is 11.5 Å². The molecule has 0 saturated carbocycles. The third-order valence-corrected chi connectivity index (χ3v) is 4.97. The minimum Gasteiger partial charge on any atom is -0.486 e. The van der Waals surface area contributed by atoms with E-state index in [1.165, 1.54) is 23.9 Å². The summed E-state index contributed by atoms with van der Waals surface area (Å²) in [6.07, 6.45) is 1.38. The second-order valence-electron chi connectivity index (χ2n) is 5.19. The molecule has 2 heterocycles. The van der Waals surface area contributed by atoms with Crippen LogP contribution in [-0.4, -0.2) is 39.2 Å². The van der Waals surface area contributed by atoms with Crippen molar-refractivity contribution in [1.29, 1.82) is 0 Å². The van der Waals surface area contributed by atoms with Gasteiger partial charge in [-0.25, -0.2) is 13.1 Å². The van der Waals surface area contributed by atoms with Crippen molar-refractivity contribution in [2.45, 2.75) is 4.90 Å². The topological polar surface area (TPSA) is 98.7 Å². The molecule has 0 radical (unpaired) electrons. The molecular weight excluding hydrogens is 334 g/mol. The molecule has 2 N–H and O–H groups in total. The molecule has 0 saturated heterocycles. The predicted molar refractivity (Wildman–Crippen MR) is 87.0 cm³/mol. The van der Waals surface area contributed by atoms with Crippen LogP contribution in [0.2, 0.25) is 0 Å². The number of benzene rings is 1. The molecule has 0 aliphatic carbocycles. The average Bonchev–Trinajstić information content (AvgIpc) is 2.97. The molecule has 128 valence electrons.